The minimum absolute atomic E-state index is 0.208. The van der Waals surface area contributed by atoms with Crippen molar-refractivity contribution < 1.29 is 9.84 Å². The third-order valence-corrected chi connectivity index (χ3v) is 8.10. The molecule has 22 heavy (non-hydrogen) atoms. The zero-order chi connectivity index (χ0) is 14.8. The molecule has 5 aliphatic rings. The summed E-state index contributed by atoms with van der Waals surface area (Å²) in [5.41, 5.74) is 0. The summed E-state index contributed by atoms with van der Waals surface area (Å²) in [7, 11) is 0. The summed E-state index contributed by atoms with van der Waals surface area (Å²) >= 11 is 6.66. The first-order valence-electron chi connectivity index (χ1n) is 9.40. The number of fused-ring (bicyclic) bond motifs is 7. The van der Waals surface area contributed by atoms with Crippen molar-refractivity contribution in [3.63, 3.8) is 0 Å². The number of rotatable bonds is 0. The highest BCUT2D eigenvalue weighted by Gasteiger charge is 2.61. The van der Waals surface area contributed by atoms with Crippen molar-refractivity contribution in [2.75, 3.05) is 0 Å². The van der Waals surface area contributed by atoms with E-state index in [0.717, 1.165) is 12.3 Å². The molecule has 2 nitrogen and oxygen atoms in total. The standard InChI is InChI=1S/C19H27ClO2/c20-14-6-3-5-13-16(14)12-9-8-11-10-4-1-2-7-15(10)22-19(11)17(12)18(13)21/h3,5,10-19,21H,1-2,4,6-9H2/t10?,11?,12?,13?,14?,15?,16?,17-,18?,19?/m0/s1. The van der Waals surface area contributed by atoms with Crippen LogP contribution in [0.15, 0.2) is 12.2 Å². The number of hydrogen-bond donors (Lipinski definition) is 1. The summed E-state index contributed by atoms with van der Waals surface area (Å²) in [6, 6.07) is 0. The number of halogens is 1. The predicted octanol–water partition coefficient (Wildman–Crippen LogP) is 3.76. The molecule has 0 aromatic heterocycles. The van der Waals surface area contributed by atoms with E-state index in [-0.39, 0.29) is 17.4 Å². The van der Waals surface area contributed by atoms with Crippen molar-refractivity contribution in [2.24, 2.45) is 35.5 Å². The molecule has 1 N–H and O–H groups in total. The Labute approximate surface area is 138 Å². The molecule has 0 bridgehead atoms. The number of aliphatic hydroxyl groups excluding tert-OH is 1. The number of hydrogen-bond acceptors (Lipinski definition) is 2. The second-order valence-corrected chi connectivity index (χ2v) is 8.96. The number of alkyl halides is 1. The first-order valence-corrected chi connectivity index (χ1v) is 9.83. The fourth-order valence-corrected chi connectivity index (χ4v) is 7.30. The zero-order valence-electron chi connectivity index (χ0n) is 13.1. The Bertz CT molecular complexity index is 478. The SMILES string of the molecule is OC1C2C=CCC(Cl)C2C2CCC3C4CCCCC4OC3[C@H]12. The molecule has 9 unspecified atom stereocenters. The molecule has 3 saturated carbocycles. The minimum atomic E-state index is -0.235. The van der Waals surface area contributed by atoms with Gasteiger partial charge in [-0.25, -0.2) is 0 Å². The first kappa shape index (κ1) is 14.3. The third-order valence-electron chi connectivity index (χ3n) is 7.63. The summed E-state index contributed by atoms with van der Waals surface area (Å²) in [4.78, 5) is 0. The van der Waals surface area contributed by atoms with E-state index in [9.17, 15) is 5.11 Å². The summed E-state index contributed by atoms with van der Waals surface area (Å²) in [6.07, 6.45) is 13.8. The van der Waals surface area contributed by atoms with Gasteiger partial charge in [0.25, 0.3) is 0 Å². The van der Waals surface area contributed by atoms with Gasteiger partial charge in [0.05, 0.1) is 18.3 Å². The van der Waals surface area contributed by atoms with Gasteiger partial charge in [-0.3, -0.25) is 0 Å². The van der Waals surface area contributed by atoms with Crippen LogP contribution in [0.4, 0.5) is 0 Å². The lowest BCUT2D eigenvalue weighted by Crippen LogP contribution is -2.42. The highest BCUT2D eigenvalue weighted by atomic mass is 35.5. The van der Waals surface area contributed by atoms with Gasteiger partial charge in [-0.1, -0.05) is 25.0 Å². The van der Waals surface area contributed by atoms with Gasteiger partial charge in [0.15, 0.2) is 0 Å². The molecule has 3 heteroatoms. The maximum absolute atomic E-state index is 11.0. The van der Waals surface area contributed by atoms with E-state index in [1.165, 1.54) is 38.5 Å². The quantitative estimate of drug-likeness (QED) is 0.543. The molecule has 0 amide bonds. The fraction of sp³-hybridized carbons (Fsp3) is 0.895. The maximum atomic E-state index is 11.0. The second-order valence-electron chi connectivity index (χ2n) is 8.40. The van der Waals surface area contributed by atoms with Gasteiger partial charge in [-0.15, -0.1) is 11.6 Å². The lowest BCUT2D eigenvalue weighted by atomic mass is 9.65. The smallest absolute Gasteiger partial charge is 0.0666 e. The van der Waals surface area contributed by atoms with Crippen LogP contribution in [0.1, 0.15) is 44.9 Å². The Hall–Kier alpha value is -0.0500. The molecule has 0 spiro atoms. The first-order chi connectivity index (χ1) is 10.8. The highest BCUT2D eigenvalue weighted by molar-refractivity contribution is 6.21. The minimum Gasteiger partial charge on any atom is -0.392 e. The largest absolute Gasteiger partial charge is 0.392 e. The van der Waals surface area contributed by atoms with Gasteiger partial charge in [-0.05, 0) is 55.8 Å². The summed E-state index contributed by atoms with van der Waals surface area (Å²) < 4.78 is 6.57. The van der Waals surface area contributed by atoms with Crippen molar-refractivity contribution in [1.82, 2.24) is 0 Å². The van der Waals surface area contributed by atoms with Crippen LogP contribution in [-0.2, 0) is 4.74 Å². The van der Waals surface area contributed by atoms with Gasteiger partial charge < -0.3 is 9.84 Å². The Balaban J connectivity index is 1.46. The summed E-state index contributed by atoms with van der Waals surface area (Å²) in [5.74, 6) is 3.14. The molecule has 0 radical (unpaired) electrons. The van der Waals surface area contributed by atoms with Gasteiger partial charge >= 0.3 is 0 Å². The van der Waals surface area contributed by atoms with Crippen molar-refractivity contribution in [3.8, 4) is 0 Å². The van der Waals surface area contributed by atoms with E-state index in [0.29, 0.717) is 35.9 Å². The van der Waals surface area contributed by atoms with E-state index in [4.69, 9.17) is 16.3 Å². The van der Waals surface area contributed by atoms with Gasteiger partial charge in [0.2, 0.25) is 0 Å². The van der Waals surface area contributed by atoms with Crippen LogP contribution in [0.3, 0.4) is 0 Å². The van der Waals surface area contributed by atoms with Crippen molar-refractivity contribution in [1.29, 1.82) is 0 Å². The van der Waals surface area contributed by atoms with Crippen molar-refractivity contribution >= 4 is 11.6 Å². The van der Waals surface area contributed by atoms with E-state index < -0.39 is 0 Å². The average Bonchev–Trinajstić information content (AvgIpc) is 3.04. The molecule has 10 atom stereocenters. The molecule has 0 aromatic rings. The van der Waals surface area contributed by atoms with Gasteiger partial charge in [0, 0.05) is 17.2 Å². The molecule has 122 valence electrons. The molecule has 1 saturated heterocycles. The average molecular weight is 323 g/mol. The highest BCUT2D eigenvalue weighted by Crippen LogP contribution is 2.59. The van der Waals surface area contributed by atoms with Gasteiger partial charge in [0.1, 0.15) is 0 Å². The molecule has 4 fully saturated rings. The lowest BCUT2D eigenvalue weighted by Gasteiger charge is -2.40. The van der Waals surface area contributed by atoms with Crippen LogP contribution >= 0.6 is 11.6 Å². The molecule has 1 aliphatic heterocycles. The van der Waals surface area contributed by atoms with E-state index >= 15 is 0 Å². The predicted molar refractivity (Wildman–Crippen MR) is 86.7 cm³/mol. The van der Waals surface area contributed by atoms with E-state index in [1.54, 1.807) is 0 Å². The maximum Gasteiger partial charge on any atom is 0.0666 e. The van der Waals surface area contributed by atoms with E-state index in [2.05, 4.69) is 12.2 Å². The lowest BCUT2D eigenvalue weighted by molar-refractivity contribution is -0.0706. The zero-order valence-corrected chi connectivity index (χ0v) is 13.9. The van der Waals surface area contributed by atoms with Crippen LogP contribution in [0.25, 0.3) is 0 Å². The van der Waals surface area contributed by atoms with E-state index in [1.807, 2.05) is 0 Å². The molecular formula is C19H27ClO2. The molecule has 4 aliphatic carbocycles. The normalized spacial score (nSPS) is 59.5. The number of aliphatic hydroxyl groups is 1. The van der Waals surface area contributed by atoms with Crippen molar-refractivity contribution in [3.05, 3.63) is 12.2 Å². The monoisotopic (exact) mass is 322 g/mol. The Morgan fingerprint density at radius 1 is 0.955 bits per heavy atom. The molecule has 5 rings (SSSR count). The van der Waals surface area contributed by atoms with Crippen molar-refractivity contribution in [2.45, 2.75) is 68.6 Å². The second kappa shape index (κ2) is 5.22. The molecule has 0 aromatic carbocycles. The van der Waals surface area contributed by atoms with Crippen LogP contribution < -0.4 is 0 Å². The third kappa shape index (κ3) is 1.87. The summed E-state index contributed by atoms with van der Waals surface area (Å²) in [5, 5.41) is 11.2. The Kier molecular flexibility index (Phi) is 3.40. The molecular weight excluding hydrogens is 296 g/mol. The van der Waals surface area contributed by atoms with Crippen LogP contribution in [0.5, 0.6) is 0 Å². The fourth-order valence-electron chi connectivity index (χ4n) is 6.85. The van der Waals surface area contributed by atoms with Gasteiger partial charge in [-0.2, -0.15) is 0 Å². The topological polar surface area (TPSA) is 29.5 Å². The molecule has 1 heterocycles. The number of ether oxygens (including phenoxy) is 1. The van der Waals surface area contributed by atoms with Crippen LogP contribution in [0, 0.1) is 35.5 Å². The number of allylic oxidation sites excluding steroid dienone is 1. The Morgan fingerprint density at radius 2 is 1.77 bits per heavy atom. The van der Waals surface area contributed by atoms with Crippen LogP contribution in [-0.4, -0.2) is 28.8 Å². The summed E-state index contributed by atoms with van der Waals surface area (Å²) in [6.45, 7) is 0. The van der Waals surface area contributed by atoms with Crippen LogP contribution in [0.2, 0.25) is 0 Å². The Morgan fingerprint density at radius 3 is 2.68 bits per heavy atom.